The molecule has 1 saturated heterocycles. The van der Waals surface area contributed by atoms with Gasteiger partial charge < -0.3 is 29.2 Å². The number of carbonyl (C=O) groups is 1. The van der Waals surface area contributed by atoms with E-state index < -0.39 is 23.8 Å². The smallest absolute Gasteiger partial charge is 0.257 e. The van der Waals surface area contributed by atoms with E-state index in [0.29, 0.717) is 108 Å². The van der Waals surface area contributed by atoms with Crippen molar-refractivity contribution < 1.29 is 23.0 Å². The van der Waals surface area contributed by atoms with Crippen LogP contribution in [0.5, 0.6) is 5.75 Å². The Labute approximate surface area is 315 Å². The molecule has 3 atom stereocenters. The summed E-state index contributed by atoms with van der Waals surface area (Å²) in [6.07, 6.45) is 3.03. The van der Waals surface area contributed by atoms with Crippen molar-refractivity contribution in [1.29, 1.82) is 0 Å². The number of hydrogen-bond donors (Lipinski definition) is 1. The molecule has 0 spiro atoms. The fourth-order valence-corrected chi connectivity index (χ4v) is 8.58. The number of ether oxygens (including phenoxy) is 2. The number of aromatic nitrogens is 6. The van der Waals surface area contributed by atoms with Gasteiger partial charge in [-0.25, -0.2) is 23.4 Å². The largest absolute Gasteiger partial charge is 0.491 e. The summed E-state index contributed by atoms with van der Waals surface area (Å²) in [4.78, 5) is 42.5. The number of aryl methyl sites for hydroxylation is 2. The van der Waals surface area contributed by atoms with E-state index in [1.807, 2.05) is 34.6 Å². The fourth-order valence-electron chi connectivity index (χ4n) is 8.58. The molecule has 1 N–H and O–H groups in total. The molecular formula is C40H41F2N9O4. The zero-order valence-corrected chi connectivity index (χ0v) is 31.1. The number of nitrogens with zero attached hydrogens (tertiary/aromatic N) is 8. The molecule has 15 heteroatoms. The molecule has 0 unspecified atom stereocenters. The molecule has 3 aliphatic rings. The quantitative estimate of drug-likeness (QED) is 0.254. The Balaban J connectivity index is 1.19. The van der Waals surface area contributed by atoms with Gasteiger partial charge in [-0.2, -0.15) is 5.10 Å². The van der Waals surface area contributed by atoms with Crippen LogP contribution in [-0.2, 0) is 22.6 Å². The lowest BCUT2D eigenvalue weighted by Gasteiger charge is -2.32. The summed E-state index contributed by atoms with van der Waals surface area (Å²) >= 11 is 0. The number of methoxy groups -OCH3 is 1. The van der Waals surface area contributed by atoms with E-state index in [1.54, 1.807) is 47.5 Å². The number of anilines is 2. The molecule has 3 aliphatic heterocycles. The zero-order chi connectivity index (χ0) is 38.1. The van der Waals surface area contributed by atoms with Gasteiger partial charge in [0, 0.05) is 63.1 Å². The van der Waals surface area contributed by atoms with Crippen molar-refractivity contribution in [2.45, 2.75) is 64.4 Å². The first-order valence-corrected chi connectivity index (χ1v) is 18.6. The third-order valence-corrected chi connectivity index (χ3v) is 11.2. The highest BCUT2D eigenvalue weighted by molar-refractivity contribution is 5.96. The molecule has 0 saturated carbocycles. The fraction of sp³-hybridized carbons (Fsp3) is 0.375. The highest BCUT2D eigenvalue weighted by Crippen LogP contribution is 2.38. The van der Waals surface area contributed by atoms with E-state index in [1.165, 1.54) is 24.3 Å². The van der Waals surface area contributed by atoms with Gasteiger partial charge in [0.25, 0.3) is 5.56 Å². The highest BCUT2D eigenvalue weighted by Gasteiger charge is 2.41. The molecule has 55 heavy (non-hydrogen) atoms. The van der Waals surface area contributed by atoms with Gasteiger partial charge in [0.15, 0.2) is 0 Å². The first kappa shape index (κ1) is 34.9. The van der Waals surface area contributed by atoms with Crippen LogP contribution in [0.4, 0.5) is 20.3 Å². The summed E-state index contributed by atoms with van der Waals surface area (Å²) in [5, 5.41) is 9.02. The minimum absolute atomic E-state index is 0.134. The Morgan fingerprint density at radius 3 is 2.65 bits per heavy atom. The first-order chi connectivity index (χ1) is 26.6. The van der Waals surface area contributed by atoms with Gasteiger partial charge >= 0.3 is 0 Å². The number of benzene rings is 2. The van der Waals surface area contributed by atoms with Gasteiger partial charge in [0.2, 0.25) is 5.91 Å². The normalized spacial score (nSPS) is 20.2. The van der Waals surface area contributed by atoms with Crippen LogP contribution < -0.4 is 20.5 Å². The number of nitrogens with one attached hydrogen (secondary N) is 1. The molecule has 7 heterocycles. The molecule has 284 valence electrons. The van der Waals surface area contributed by atoms with Crippen LogP contribution >= 0.6 is 0 Å². The monoisotopic (exact) mass is 749 g/mol. The predicted octanol–water partition coefficient (Wildman–Crippen LogP) is 5.21. The van der Waals surface area contributed by atoms with E-state index in [-0.39, 0.29) is 24.1 Å². The molecule has 9 rings (SSSR count). The number of carbonyl (C=O) groups excluding carboxylic acids is 1. The van der Waals surface area contributed by atoms with Crippen molar-refractivity contribution in [3.8, 4) is 22.7 Å². The summed E-state index contributed by atoms with van der Waals surface area (Å²) in [6, 6.07) is 11.9. The number of imidazole rings is 1. The maximum Gasteiger partial charge on any atom is 0.257 e. The van der Waals surface area contributed by atoms with Gasteiger partial charge in [-0.05, 0) is 63.4 Å². The Hall–Kier alpha value is -5.83. The molecule has 4 bridgehead atoms. The molecule has 0 aliphatic carbocycles. The number of hydrogen-bond acceptors (Lipinski definition) is 9. The minimum Gasteiger partial charge on any atom is -0.491 e. The predicted molar refractivity (Wildman–Crippen MR) is 204 cm³/mol. The van der Waals surface area contributed by atoms with Crippen molar-refractivity contribution in [2.75, 3.05) is 44.1 Å². The number of halogens is 2. The molecule has 2 aromatic carbocycles. The van der Waals surface area contributed by atoms with Crippen molar-refractivity contribution in [3.05, 3.63) is 88.1 Å². The van der Waals surface area contributed by atoms with Crippen molar-refractivity contribution in [1.82, 2.24) is 33.8 Å². The second-order valence-corrected chi connectivity index (χ2v) is 14.7. The Bertz CT molecular complexity index is 2560. The number of likely N-dealkylation sites (N-methyl/N-ethyl adjacent to an activating group) is 1. The average molecular weight is 750 g/mol. The molecular weight excluding hydrogens is 708 g/mol. The van der Waals surface area contributed by atoms with Crippen molar-refractivity contribution in [3.63, 3.8) is 0 Å². The van der Waals surface area contributed by atoms with Gasteiger partial charge in [-0.1, -0.05) is 6.07 Å². The van der Waals surface area contributed by atoms with E-state index in [9.17, 15) is 14.0 Å². The Morgan fingerprint density at radius 1 is 0.964 bits per heavy atom. The summed E-state index contributed by atoms with van der Waals surface area (Å²) in [7, 11) is 3.38. The molecule has 1 fully saturated rings. The van der Waals surface area contributed by atoms with Gasteiger partial charge in [-0.15, -0.1) is 0 Å². The first-order valence-electron chi connectivity index (χ1n) is 18.6. The van der Waals surface area contributed by atoms with Gasteiger partial charge in [0.1, 0.15) is 46.4 Å². The van der Waals surface area contributed by atoms with E-state index >= 15 is 4.39 Å². The topological polar surface area (TPSA) is 125 Å². The summed E-state index contributed by atoms with van der Waals surface area (Å²) in [5.74, 6) is 0.597. The van der Waals surface area contributed by atoms with Crippen molar-refractivity contribution in [2.24, 2.45) is 0 Å². The van der Waals surface area contributed by atoms with Crippen molar-refractivity contribution >= 4 is 39.5 Å². The Kier molecular flexibility index (Phi) is 8.56. The number of rotatable bonds is 2. The second-order valence-electron chi connectivity index (χ2n) is 14.7. The van der Waals surface area contributed by atoms with Crippen LogP contribution in [0.15, 0.2) is 59.5 Å². The summed E-state index contributed by atoms with van der Waals surface area (Å²) < 4.78 is 46.9. The molecule has 6 aromatic rings. The second kappa shape index (κ2) is 13.5. The standard InChI is InChI=1S/C40H41F2N9O4/c1-22-36(29-18-43-51-32-11-10-24(41)16-34(32)55-13-6-5-12-48(38(29)51)39(22)52)50-19-26-17-33(50)40(53)47(3)20-27(54-4)21-49-23(2)44-31-15-25(42)14-28(37(31)49)30-8-7-9-35(45-26)46-30/h7-11,14-16,18,26-27,33H,5-6,12-13,17,19-21H2,1-4H3,(H,45,46)/t26-,27-,33-/m0/s1. The number of fused-ring (bicyclic) bond motifs is 7. The van der Waals surface area contributed by atoms with E-state index in [0.717, 1.165) is 5.52 Å². The highest BCUT2D eigenvalue weighted by atomic mass is 19.1. The number of pyridine rings is 2. The van der Waals surface area contributed by atoms with Gasteiger partial charge in [-0.3, -0.25) is 14.2 Å². The van der Waals surface area contributed by atoms with Crippen LogP contribution in [-0.4, -0.2) is 91.7 Å². The van der Waals surface area contributed by atoms with E-state index in [4.69, 9.17) is 19.6 Å². The number of amides is 1. The van der Waals surface area contributed by atoms with E-state index in [2.05, 4.69) is 10.3 Å². The van der Waals surface area contributed by atoms with Crippen LogP contribution in [0, 0.1) is 25.5 Å². The SMILES string of the molecule is CO[C@H]1CN(C)C(=O)[C@@H]2C[C@@H](CN2c2c(C)c(=O)n3c4c2cnn4-c2ccc(F)cc2OCCCC3)Nc2cccc(n2)-c2cc(F)cc3nc(C)n(c23)C1. The molecule has 13 nitrogen and oxygen atoms in total. The van der Waals surface area contributed by atoms with Gasteiger partial charge in [0.05, 0.1) is 53.3 Å². The molecule has 0 radical (unpaired) electrons. The third kappa shape index (κ3) is 5.88. The molecule has 1 amide bonds. The zero-order valence-electron chi connectivity index (χ0n) is 31.1. The average Bonchev–Trinajstić information content (AvgIpc) is 3.87. The van der Waals surface area contributed by atoms with Crippen LogP contribution in [0.25, 0.3) is 39.0 Å². The Morgan fingerprint density at radius 2 is 1.82 bits per heavy atom. The maximum atomic E-state index is 15.1. The maximum absolute atomic E-state index is 15.1. The van der Waals surface area contributed by atoms with Crippen LogP contribution in [0.3, 0.4) is 0 Å². The minimum atomic E-state index is -0.662. The summed E-state index contributed by atoms with van der Waals surface area (Å²) in [6.45, 7) is 5.48. The lowest BCUT2D eigenvalue weighted by Crippen LogP contribution is -2.47. The molecule has 4 aromatic heterocycles. The lowest BCUT2D eigenvalue weighted by atomic mass is 10.1. The third-order valence-electron chi connectivity index (χ3n) is 11.2. The van der Waals surface area contributed by atoms with Crippen LogP contribution in [0.1, 0.15) is 30.7 Å². The lowest BCUT2D eigenvalue weighted by molar-refractivity contribution is -0.132. The summed E-state index contributed by atoms with van der Waals surface area (Å²) in [5.41, 5.74) is 4.42. The van der Waals surface area contributed by atoms with Crippen LogP contribution in [0.2, 0.25) is 0 Å².